The molecule has 0 aliphatic carbocycles. The first-order valence-electron chi connectivity index (χ1n) is 4.88. The lowest BCUT2D eigenvalue weighted by atomic mass is 10.1. The van der Waals surface area contributed by atoms with Crippen molar-refractivity contribution in [1.82, 2.24) is 5.32 Å². The van der Waals surface area contributed by atoms with E-state index in [1.54, 1.807) is 0 Å². The Kier molecular flexibility index (Phi) is 3.49. The van der Waals surface area contributed by atoms with Gasteiger partial charge in [-0.25, -0.2) is 0 Å². The van der Waals surface area contributed by atoms with Crippen molar-refractivity contribution in [3.8, 4) is 0 Å². The van der Waals surface area contributed by atoms with Crippen molar-refractivity contribution in [1.29, 1.82) is 0 Å². The van der Waals surface area contributed by atoms with Crippen LogP contribution >= 0.6 is 0 Å². The summed E-state index contributed by atoms with van der Waals surface area (Å²) >= 11 is 0. The van der Waals surface area contributed by atoms with Gasteiger partial charge >= 0.3 is 0 Å². The lowest BCUT2D eigenvalue weighted by molar-refractivity contribution is 0.588. The molecule has 1 aromatic rings. The van der Waals surface area contributed by atoms with Crippen molar-refractivity contribution in [3.63, 3.8) is 0 Å². The second-order valence-electron chi connectivity index (χ2n) is 4.03. The van der Waals surface area contributed by atoms with Gasteiger partial charge < -0.3 is 5.32 Å². The average Bonchev–Trinajstić information content (AvgIpc) is 1.99. The SMILES string of the molecule is Cc1cc(C)cc(CNC(C)C)c1. The quantitative estimate of drug-likeness (QED) is 0.748. The van der Waals surface area contributed by atoms with Crippen LogP contribution < -0.4 is 5.32 Å². The summed E-state index contributed by atoms with van der Waals surface area (Å²) in [6.45, 7) is 9.60. The molecule has 0 saturated carbocycles. The molecular weight excluding hydrogens is 158 g/mol. The fraction of sp³-hybridized carbons (Fsp3) is 0.500. The molecule has 0 heterocycles. The molecule has 0 spiro atoms. The monoisotopic (exact) mass is 177 g/mol. The van der Waals surface area contributed by atoms with Crippen LogP contribution in [0.4, 0.5) is 0 Å². The van der Waals surface area contributed by atoms with Crippen LogP contribution in [-0.2, 0) is 6.54 Å². The summed E-state index contributed by atoms with van der Waals surface area (Å²) < 4.78 is 0. The third-order valence-electron chi connectivity index (χ3n) is 2.00. The van der Waals surface area contributed by atoms with Gasteiger partial charge in [0.05, 0.1) is 0 Å². The Labute approximate surface area is 81.2 Å². The first-order chi connectivity index (χ1) is 6.08. The minimum Gasteiger partial charge on any atom is -0.310 e. The standard InChI is InChI=1S/C12H19N/c1-9(2)13-8-12-6-10(3)5-11(4)7-12/h5-7,9,13H,8H2,1-4H3. The van der Waals surface area contributed by atoms with Crippen LogP contribution in [0.2, 0.25) is 0 Å². The number of hydrogen-bond donors (Lipinski definition) is 1. The van der Waals surface area contributed by atoms with Crippen LogP contribution in [0, 0.1) is 13.8 Å². The molecule has 0 atom stereocenters. The van der Waals surface area contributed by atoms with Gasteiger partial charge in [0.1, 0.15) is 0 Å². The Morgan fingerprint density at radius 2 is 1.62 bits per heavy atom. The van der Waals surface area contributed by atoms with Crippen molar-refractivity contribution in [2.24, 2.45) is 0 Å². The Balaban J connectivity index is 2.66. The zero-order chi connectivity index (χ0) is 9.84. The summed E-state index contributed by atoms with van der Waals surface area (Å²) in [6.07, 6.45) is 0. The summed E-state index contributed by atoms with van der Waals surface area (Å²) in [5.41, 5.74) is 4.08. The molecule has 1 nitrogen and oxygen atoms in total. The van der Waals surface area contributed by atoms with Gasteiger partial charge in [0.25, 0.3) is 0 Å². The number of rotatable bonds is 3. The molecule has 0 amide bonds. The van der Waals surface area contributed by atoms with E-state index in [1.807, 2.05) is 0 Å². The van der Waals surface area contributed by atoms with E-state index in [-0.39, 0.29) is 0 Å². The van der Waals surface area contributed by atoms with Gasteiger partial charge in [-0.3, -0.25) is 0 Å². The van der Waals surface area contributed by atoms with Crippen molar-refractivity contribution >= 4 is 0 Å². The molecule has 1 aromatic carbocycles. The van der Waals surface area contributed by atoms with E-state index in [1.165, 1.54) is 16.7 Å². The molecule has 1 heteroatoms. The molecular formula is C12H19N. The first kappa shape index (κ1) is 10.3. The zero-order valence-corrected chi connectivity index (χ0v) is 9.02. The highest BCUT2D eigenvalue weighted by atomic mass is 14.9. The molecule has 0 saturated heterocycles. The van der Waals surface area contributed by atoms with E-state index in [9.17, 15) is 0 Å². The highest BCUT2D eigenvalue weighted by Crippen LogP contribution is 2.08. The van der Waals surface area contributed by atoms with Crippen molar-refractivity contribution in [3.05, 3.63) is 34.9 Å². The summed E-state index contributed by atoms with van der Waals surface area (Å²) in [7, 11) is 0. The average molecular weight is 177 g/mol. The Bertz CT molecular complexity index is 256. The fourth-order valence-corrected chi connectivity index (χ4v) is 1.49. The number of aryl methyl sites for hydroxylation is 2. The Hall–Kier alpha value is -0.820. The number of hydrogen-bond acceptors (Lipinski definition) is 1. The maximum absolute atomic E-state index is 3.42. The van der Waals surface area contributed by atoms with Crippen molar-refractivity contribution < 1.29 is 0 Å². The van der Waals surface area contributed by atoms with E-state index in [2.05, 4.69) is 51.2 Å². The van der Waals surface area contributed by atoms with E-state index >= 15 is 0 Å². The van der Waals surface area contributed by atoms with E-state index < -0.39 is 0 Å². The molecule has 1 N–H and O–H groups in total. The highest BCUT2D eigenvalue weighted by molar-refractivity contribution is 5.28. The predicted molar refractivity (Wildman–Crippen MR) is 57.9 cm³/mol. The molecule has 0 fully saturated rings. The molecule has 72 valence electrons. The Morgan fingerprint density at radius 3 is 2.08 bits per heavy atom. The molecule has 13 heavy (non-hydrogen) atoms. The molecule has 0 bridgehead atoms. The van der Waals surface area contributed by atoms with Crippen LogP contribution in [0.25, 0.3) is 0 Å². The smallest absolute Gasteiger partial charge is 0.0208 e. The van der Waals surface area contributed by atoms with Crippen LogP contribution in [0.1, 0.15) is 30.5 Å². The van der Waals surface area contributed by atoms with E-state index in [0.29, 0.717) is 6.04 Å². The highest BCUT2D eigenvalue weighted by Gasteiger charge is 1.96. The van der Waals surface area contributed by atoms with Gasteiger partial charge in [0, 0.05) is 12.6 Å². The second kappa shape index (κ2) is 4.43. The van der Waals surface area contributed by atoms with Crippen LogP contribution in [0.15, 0.2) is 18.2 Å². The van der Waals surface area contributed by atoms with Gasteiger partial charge in [0.2, 0.25) is 0 Å². The van der Waals surface area contributed by atoms with Crippen LogP contribution in [0.5, 0.6) is 0 Å². The number of benzene rings is 1. The largest absolute Gasteiger partial charge is 0.310 e. The van der Waals surface area contributed by atoms with Gasteiger partial charge in [0.15, 0.2) is 0 Å². The molecule has 0 unspecified atom stereocenters. The predicted octanol–water partition coefficient (Wildman–Crippen LogP) is 2.80. The van der Waals surface area contributed by atoms with E-state index in [4.69, 9.17) is 0 Å². The molecule has 0 radical (unpaired) electrons. The second-order valence-corrected chi connectivity index (χ2v) is 4.03. The van der Waals surface area contributed by atoms with Gasteiger partial charge in [-0.1, -0.05) is 43.2 Å². The zero-order valence-electron chi connectivity index (χ0n) is 9.02. The normalized spacial score (nSPS) is 10.8. The minimum atomic E-state index is 0.556. The number of nitrogens with one attached hydrogen (secondary N) is 1. The van der Waals surface area contributed by atoms with Crippen molar-refractivity contribution in [2.45, 2.75) is 40.3 Å². The Morgan fingerprint density at radius 1 is 1.08 bits per heavy atom. The molecule has 0 aliphatic rings. The third kappa shape index (κ3) is 3.60. The van der Waals surface area contributed by atoms with E-state index in [0.717, 1.165) is 6.54 Å². The third-order valence-corrected chi connectivity index (χ3v) is 2.00. The maximum Gasteiger partial charge on any atom is 0.0208 e. The van der Waals surface area contributed by atoms with Gasteiger partial charge in [-0.15, -0.1) is 0 Å². The molecule has 0 aliphatic heterocycles. The maximum atomic E-state index is 3.42. The first-order valence-corrected chi connectivity index (χ1v) is 4.88. The summed E-state index contributed by atoms with van der Waals surface area (Å²) in [5.74, 6) is 0. The van der Waals surface area contributed by atoms with Crippen LogP contribution in [0.3, 0.4) is 0 Å². The summed E-state index contributed by atoms with van der Waals surface area (Å²) in [6, 6.07) is 7.24. The summed E-state index contributed by atoms with van der Waals surface area (Å²) in [4.78, 5) is 0. The molecule has 1 rings (SSSR count). The topological polar surface area (TPSA) is 12.0 Å². The lowest BCUT2D eigenvalue weighted by Gasteiger charge is -2.09. The minimum absolute atomic E-state index is 0.556. The van der Waals surface area contributed by atoms with Crippen LogP contribution in [-0.4, -0.2) is 6.04 Å². The molecule has 0 aromatic heterocycles. The van der Waals surface area contributed by atoms with Crippen molar-refractivity contribution in [2.75, 3.05) is 0 Å². The summed E-state index contributed by atoms with van der Waals surface area (Å²) in [5, 5.41) is 3.42. The fourth-order valence-electron chi connectivity index (χ4n) is 1.49. The van der Waals surface area contributed by atoms with Gasteiger partial charge in [-0.2, -0.15) is 0 Å². The lowest BCUT2D eigenvalue weighted by Crippen LogP contribution is -2.21. The van der Waals surface area contributed by atoms with Gasteiger partial charge in [-0.05, 0) is 19.4 Å².